The molecule has 4 heterocycles. The molecule has 2 fully saturated rings. The van der Waals surface area contributed by atoms with E-state index in [1.54, 1.807) is 31.4 Å². The lowest BCUT2D eigenvalue weighted by Crippen LogP contribution is -2.52. The van der Waals surface area contributed by atoms with Gasteiger partial charge in [-0.1, -0.05) is 18.2 Å². The zero-order valence-electron chi connectivity index (χ0n) is 18.9. The van der Waals surface area contributed by atoms with E-state index in [4.69, 9.17) is 4.74 Å². The maximum atomic E-state index is 14.7. The SMILES string of the molecule is COC1CN(c2ncc(C(=O)Nc3c(-c4ccccc4F)ccnc3N3CCC(F)(F)C3)cn2)C1. The molecule has 2 aliphatic heterocycles. The number of aromatic nitrogens is 3. The Morgan fingerprint density at radius 1 is 1.09 bits per heavy atom. The highest BCUT2D eigenvalue weighted by Gasteiger charge is 2.40. The zero-order valence-corrected chi connectivity index (χ0v) is 18.9. The average Bonchev–Trinajstić information content (AvgIpc) is 3.19. The molecule has 0 aliphatic carbocycles. The molecule has 8 nitrogen and oxygen atoms in total. The van der Waals surface area contributed by atoms with Crippen LogP contribution in [0.1, 0.15) is 16.8 Å². The molecular weight excluding hydrogens is 461 g/mol. The molecule has 11 heteroatoms. The number of alkyl halides is 2. The number of halogens is 3. The number of methoxy groups -OCH3 is 1. The van der Waals surface area contributed by atoms with E-state index in [0.29, 0.717) is 24.6 Å². The highest BCUT2D eigenvalue weighted by atomic mass is 19.3. The molecule has 0 atom stereocenters. The first-order valence-corrected chi connectivity index (χ1v) is 11.1. The number of hydrogen-bond acceptors (Lipinski definition) is 7. The Labute approximate surface area is 199 Å². The predicted octanol–water partition coefficient (Wildman–Crippen LogP) is 3.61. The van der Waals surface area contributed by atoms with Crippen LogP contribution in [0, 0.1) is 5.82 Å². The van der Waals surface area contributed by atoms with Crippen molar-refractivity contribution >= 4 is 23.4 Å². The number of pyridine rings is 1. The first kappa shape index (κ1) is 23.0. The van der Waals surface area contributed by atoms with Gasteiger partial charge < -0.3 is 19.9 Å². The summed E-state index contributed by atoms with van der Waals surface area (Å²) < 4.78 is 47.8. The Morgan fingerprint density at radius 2 is 1.83 bits per heavy atom. The van der Waals surface area contributed by atoms with Crippen LogP contribution in [0.4, 0.5) is 30.6 Å². The highest BCUT2D eigenvalue weighted by Crippen LogP contribution is 2.39. The fourth-order valence-corrected chi connectivity index (χ4v) is 4.17. The number of benzene rings is 1. The van der Waals surface area contributed by atoms with Gasteiger partial charge in [-0.15, -0.1) is 0 Å². The molecule has 0 spiro atoms. The Hall–Kier alpha value is -3.73. The summed E-state index contributed by atoms with van der Waals surface area (Å²) >= 11 is 0. The van der Waals surface area contributed by atoms with Crippen molar-refractivity contribution in [2.24, 2.45) is 0 Å². The van der Waals surface area contributed by atoms with Crippen molar-refractivity contribution in [3.63, 3.8) is 0 Å². The van der Waals surface area contributed by atoms with Gasteiger partial charge in [0.05, 0.1) is 23.9 Å². The minimum Gasteiger partial charge on any atom is -0.378 e. The molecule has 0 saturated carbocycles. The number of ether oxygens (including phenoxy) is 1. The van der Waals surface area contributed by atoms with Gasteiger partial charge in [0, 0.05) is 62.9 Å². The van der Waals surface area contributed by atoms with Gasteiger partial charge in [-0.2, -0.15) is 0 Å². The second kappa shape index (κ2) is 9.14. The number of nitrogens with zero attached hydrogens (tertiary/aromatic N) is 5. The number of carbonyl (C=O) groups excluding carboxylic acids is 1. The van der Waals surface area contributed by atoms with Crippen molar-refractivity contribution in [3.8, 4) is 11.1 Å². The average molecular weight is 484 g/mol. The molecule has 5 rings (SSSR count). The molecule has 2 saturated heterocycles. The molecule has 35 heavy (non-hydrogen) atoms. The van der Waals surface area contributed by atoms with Crippen LogP contribution in [0.2, 0.25) is 0 Å². The van der Waals surface area contributed by atoms with E-state index in [1.165, 1.54) is 29.6 Å². The van der Waals surface area contributed by atoms with Crippen LogP contribution in [0.15, 0.2) is 48.9 Å². The van der Waals surface area contributed by atoms with Gasteiger partial charge in [-0.3, -0.25) is 4.79 Å². The molecule has 0 radical (unpaired) electrons. The van der Waals surface area contributed by atoms with E-state index < -0.39 is 24.2 Å². The molecule has 0 unspecified atom stereocenters. The lowest BCUT2D eigenvalue weighted by molar-refractivity contribution is 0.0257. The number of nitrogens with one attached hydrogen (secondary N) is 1. The minimum atomic E-state index is -2.88. The predicted molar refractivity (Wildman–Crippen MR) is 124 cm³/mol. The number of rotatable bonds is 6. The highest BCUT2D eigenvalue weighted by molar-refractivity contribution is 6.08. The first-order valence-electron chi connectivity index (χ1n) is 11.1. The van der Waals surface area contributed by atoms with Gasteiger partial charge in [-0.25, -0.2) is 28.1 Å². The summed E-state index contributed by atoms with van der Waals surface area (Å²) in [6.45, 7) is 0.834. The van der Waals surface area contributed by atoms with Gasteiger partial charge in [0.25, 0.3) is 11.8 Å². The monoisotopic (exact) mass is 484 g/mol. The largest absolute Gasteiger partial charge is 0.378 e. The second-order valence-corrected chi connectivity index (χ2v) is 8.55. The van der Waals surface area contributed by atoms with Crippen LogP contribution in [0.3, 0.4) is 0 Å². The number of amides is 1. The van der Waals surface area contributed by atoms with E-state index in [9.17, 15) is 18.0 Å². The van der Waals surface area contributed by atoms with Gasteiger partial charge in [0.1, 0.15) is 5.82 Å². The summed E-state index contributed by atoms with van der Waals surface area (Å²) in [6, 6.07) is 7.60. The molecular formula is C24H23F3N6O2. The summed E-state index contributed by atoms with van der Waals surface area (Å²) in [7, 11) is 1.64. The summed E-state index contributed by atoms with van der Waals surface area (Å²) in [4.78, 5) is 29.2. The van der Waals surface area contributed by atoms with E-state index in [0.717, 1.165) is 0 Å². The van der Waals surface area contributed by atoms with Crippen LogP contribution in [-0.4, -0.2) is 66.2 Å². The van der Waals surface area contributed by atoms with E-state index in [2.05, 4.69) is 20.3 Å². The third-order valence-electron chi connectivity index (χ3n) is 6.17. The lowest BCUT2D eigenvalue weighted by Gasteiger charge is -2.37. The van der Waals surface area contributed by atoms with Crippen LogP contribution in [-0.2, 0) is 4.74 Å². The van der Waals surface area contributed by atoms with Crippen molar-refractivity contribution in [1.82, 2.24) is 15.0 Å². The maximum Gasteiger partial charge on any atom is 0.266 e. The summed E-state index contributed by atoms with van der Waals surface area (Å²) in [6.07, 6.45) is 3.99. The molecule has 1 amide bonds. The standard InChI is InChI=1S/C24H23F3N6O2/c1-35-16-12-33(13-16)23-29-10-15(11-30-23)22(34)31-20-18(17-4-2-3-5-19(17)25)6-8-28-21(20)32-9-7-24(26,27)14-32/h2-6,8,10-11,16H,7,9,12-14H2,1H3,(H,31,34). The Balaban J connectivity index is 1.46. The molecule has 3 aromatic rings. The smallest absolute Gasteiger partial charge is 0.266 e. The van der Waals surface area contributed by atoms with Crippen LogP contribution >= 0.6 is 0 Å². The molecule has 1 N–H and O–H groups in total. The number of hydrogen-bond donors (Lipinski definition) is 1. The minimum absolute atomic E-state index is 0.0553. The summed E-state index contributed by atoms with van der Waals surface area (Å²) in [5.74, 6) is -3.32. The van der Waals surface area contributed by atoms with Crippen LogP contribution < -0.4 is 15.1 Å². The van der Waals surface area contributed by atoms with Crippen LogP contribution in [0.5, 0.6) is 0 Å². The van der Waals surface area contributed by atoms with Crippen molar-refractivity contribution in [2.45, 2.75) is 18.4 Å². The van der Waals surface area contributed by atoms with Gasteiger partial charge in [0.2, 0.25) is 5.95 Å². The normalized spacial score (nSPS) is 17.4. The lowest BCUT2D eigenvalue weighted by atomic mass is 10.0. The Kier molecular flexibility index (Phi) is 6.01. The number of anilines is 3. The molecule has 2 aliphatic rings. The third kappa shape index (κ3) is 4.63. The van der Waals surface area contributed by atoms with E-state index in [1.807, 2.05) is 4.90 Å². The topological polar surface area (TPSA) is 83.5 Å². The van der Waals surface area contributed by atoms with Crippen LogP contribution in [0.25, 0.3) is 11.1 Å². The summed E-state index contributed by atoms with van der Waals surface area (Å²) in [5, 5.41) is 2.75. The molecule has 0 bridgehead atoms. The van der Waals surface area contributed by atoms with Crippen molar-refractivity contribution in [3.05, 3.63) is 60.3 Å². The third-order valence-corrected chi connectivity index (χ3v) is 6.17. The number of carbonyl (C=O) groups is 1. The molecule has 1 aromatic carbocycles. The van der Waals surface area contributed by atoms with E-state index >= 15 is 0 Å². The second-order valence-electron chi connectivity index (χ2n) is 8.55. The van der Waals surface area contributed by atoms with Crippen molar-refractivity contribution in [1.29, 1.82) is 0 Å². The van der Waals surface area contributed by atoms with Gasteiger partial charge in [0.15, 0.2) is 5.82 Å². The Bertz CT molecular complexity index is 1230. The summed E-state index contributed by atoms with van der Waals surface area (Å²) in [5.41, 5.74) is 0.864. The first-order chi connectivity index (χ1) is 16.8. The zero-order chi connectivity index (χ0) is 24.6. The molecule has 2 aromatic heterocycles. The van der Waals surface area contributed by atoms with Gasteiger partial charge in [-0.05, 0) is 12.1 Å². The Morgan fingerprint density at radius 3 is 2.49 bits per heavy atom. The maximum absolute atomic E-state index is 14.7. The quantitative estimate of drug-likeness (QED) is 0.572. The van der Waals surface area contributed by atoms with E-state index in [-0.39, 0.29) is 41.7 Å². The molecule has 182 valence electrons. The van der Waals surface area contributed by atoms with Crippen molar-refractivity contribution < 1.29 is 22.7 Å². The fraction of sp³-hybridized carbons (Fsp3) is 0.333. The fourth-order valence-electron chi connectivity index (χ4n) is 4.17. The van der Waals surface area contributed by atoms with Gasteiger partial charge >= 0.3 is 0 Å². The van der Waals surface area contributed by atoms with Crippen molar-refractivity contribution in [2.75, 3.05) is 48.4 Å².